The van der Waals surface area contributed by atoms with Crippen LogP contribution in [0.25, 0.3) is 0 Å². The number of rotatable bonds is 6. The second kappa shape index (κ2) is 9.26. The van der Waals surface area contributed by atoms with Crippen molar-refractivity contribution in [2.24, 2.45) is 52.3 Å². The number of carbonyl (C=O) groups excluding carboxylic acids is 2. The van der Waals surface area contributed by atoms with Gasteiger partial charge < -0.3 is 5.11 Å². The highest BCUT2D eigenvalue weighted by Crippen LogP contribution is 2.68. The highest BCUT2D eigenvalue weighted by molar-refractivity contribution is 5.86. The molecule has 0 spiro atoms. The van der Waals surface area contributed by atoms with Crippen LogP contribution >= 0.6 is 0 Å². The number of hydrogen-bond donors (Lipinski definition) is 1. The standard InChI is InChI=1S/C28H47NO4/c1-7-19-23-16-18(30)12-14-28(23,4)22-13-15-27(3)20(9-10-21(27)25(22)26(19)32)17(2)8-11-24(31)29(5)33-6/h17-23,25,30H,7-16H2,1-6H3/t17-,18-,19-,20-,21+,22+,23+,25+,27-,28-/m1/s1. The van der Waals surface area contributed by atoms with Gasteiger partial charge in [0.15, 0.2) is 0 Å². The van der Waals surface area contributed by atoms with Crippen LogP contribution in [0.15, 0.2) is 0 Å². The molecule has 0 aliphatic heterocycles. The van der Waals surface area contributed by atoms with Crippen molar-refractivity contribution in [3.8, 4) is 0 Å². The Bertz CT molecular complexity index is 754. The van der Waals surface area contributed by atoms with E-state index in [4.69, 9.17) is 4.84 Å². The van der Waals surface area contributed by atoms with Crippen molar-refractivity contribution in [3.05, 3.63) is 0 Å². The normalized spacial score (nSPS) is 45.7. The lowest BCUT2D eigenvalue weighted by Crippen LogP contribution is -2.60. The zero-order chi connectivity index (χ0) is 24.1. The van der Waals surface area contributed by atoms with E-state index in [-0.39, 0.29) is 34.7 Å². The maximum atomic E-state index is 14.0. The van der Waals surface area contributed by atoms with E-state index < -0.39 is 0 Å². The Morgan fingerprint density at radius 1 is 1.12 bits per heavy atom. The average Bonchev–Trinajstić information content (AvgIpc) is 3.15. The number of Topliss-reactive ketones (excluding diaryl/α,β-unsaturated/α-hetero) is 1. The molecule has 10 atom stereocenters. The van der Waals surface area contributed by atoms with Crippen molar-refractivity contribution < 1.29 is 19.5 Å². The summed E-state index contributed by atoms with van der Waals surface area (Å²) in [5, 5.41) is 11.8. The van der Waals surface area contributed by atoms with Gasteiger partial charge in [0.05, 0.1) is 13.2 Å². The van der Waals surface area contributed by atoms with Crippen molar-refractivity contribution in [1.29, 1.82) is 0 Å². The number of nitrogens with zero attached hydrogens (tertiary/aromatic N) is 1. The summed E-state index contributed by atoms with van der Waals surface area (Å²) in [4.78, 5) is 31.4. The molecule has 0 saturated heterocycles. The first-order valence-electron chi connectivity index (χ1n) is 13.6. The fourth-order valence-corrected chi connectivity index (χ4v) is 9.42. The lowest BCUT2D eigenvalue weighted by atomic mass is 9.42. The van der Waals surface area contributed by atoms with Gasteiger partial charge in [-0.15, -0.1) is 0 Å². The van der Waals surface area contributed by atoms with E-state index in [2.05, 4.69) is 27.7 Å². The summed E-state index contributed by atoms with van der Waals surface area (Å²) in [5.41, 5.74) is 0.392. The average molecular weight is 462 g/mol. The van der Waals surface area contributed by atoms with Crippen molar-refractivity contribution in [1.82, 2.24) is 5.06 Å². The van der Waals surface area contributed by atoms with Crippen LogP contribution in [0.3, 0.4) is 0 Å². The zero-order valence-electron chi connectivity index (χ0n) is 21.8. The number of hydroxylamine groups is 2. The highest BCUT2D eigenvalue weighted by atomic mass is 16.7. The number of carbonyl (C=O) groups is 2. The van der Waals surface area contributed by atoms with Gasteiger partial charge in [0, 0.05) is 25.3 Å². The van der Waals surface area contributed by atoms with Crippen LogP contribution in [0.1, 0.15) is 91.9 Å². The lowest BCUT2D eigenvalue weighted by molar-refractivity contribution is -0.173. The van der Waals surface area contributed by atoms with Crippen LogP contribution in [-0.4, -0.2) is 42.1 Å². The molecular weight excluding hydrogens is 414 g/mol. The minimum Gasteiger partial charge on any atom is -0.393 e. The maximum absolute atomic E-state index is 14.0. The number of amides is 1. The minimum atomic E-state index is -0.230. The van der Waals surface area contributed by atoms with Gasteiger partial charge in [-0.3, -0.25) is 14.4 Å². The quantitative estimate of drug-likeness (QED) is 0.548. The summed E-state index contributed by atoms with van der Waals surface area (Å²) in [6, 6.07) is 0. The second-order valence-corrected chi connectivity index (χ2v) is 12.5. The molecule has 1 N–H and O–H groups in total. The summed E-state index contributed by atoms with van der Waals surface area (Å²) in [5.74, 6) is 3.25. The summed E-state index contributed by atoms with van der Waals surface area (Å²) in [7, 11) is 3.21. The van der Waals surface area contributed by atoms with Crippen LogP contribution in [0, 0.1) is 52.3 Å². The Kier molecular flexibility index (Phi) is 7.06. The highest BCUT2D eigenvalue weighted by Gasteiger charge is 2.65. The van der Waals surface area contributed by atoms with E-state index in [9.17, 15) is 14.7 Å². The van der Waals surface area contributed by atoms with E-state index in [1.807, 2.05) is 0 Å². The Morgan fingerprint density at radius 3 is 2.45 bits per heavy atom. The van der Waals surface area contributed by atoms with Gasteiger partial charge in [-0.25, -0.2) is 5.06 Å². The molecule has 188 valence electrons. The Balaban J connectivity index is 1.55. The van der Waals surface area contributed by atoms with Gasteiger partial charge in [-0.05, 0) is 98.2 Å². The van der Waals surface area contributed by atoms with E-state index >= 15 is 0 Å². The molecule has 4 saturated carbocycles. The van der Waals surface area contributed by atoms with Gasteiger partial charge in [0.25, 0.3) is 0 Å². The molecule has 33 heavy (non-hydrogen) atoms. The molecule has 0 radical (unpaired) electrons. The lowest BCUT2D eigenvalue weighted by Gasteiger charge is -2.62. The topological polar surface area (TPSA) is 66.8 Å². The molecule has 4 fully saturated rings. The van der Waals surface area contributed by atoms with Crippen molar-refractivity contribution in [2.45, 2.75) is 98.0 Å². The van der Waals surface area contributed by atoms with Gasteiger partial charge in [0.1, 0.15) is 5.78 Å². The monoisotopic (exact) mass is 461 g/mol. The molecule has 0 heterocycles. The van der Waals surface area contributed by atoms with E-state index in [1.54, 1.807) is 7.05 Å². The van der Waals surface area contributed by atoms with Crippen LogP contribution in [0.4, 0.5) is 0 Å². The van der Waals surface area contributed by atoms with Gasteiger partial charge in [0.2, 0.25) is 5.91 Å². The first-order chi connectivity index (χ1) is 15.6. The van der Waals surface area contributed by atoms with Crippen molar-refractivity contribution in [3.63, 3.8) is 0 Å². The van der Waals surface area contributed by atoms with Crippen LogP contribution in [-0.2, 0) is 14.4 Å². The van der Waals surface area contributed by atoms with E-state index in [0.29, 0.717) is 41.8 Å². The Hall–Kier alpha value is -0.940. The maximum Gasteiger partial charge on any atom is 0.245 e. The minimum absolute atomic E-state index is 0.0412. The number of ketones is 1. The summed E-state index contributed by atoms with van der Waals surface area (Å²) in [6.45, 7) is 9.44. The molecule has 4 aliphatic rings. The molecule has 4 rings (SSSR count). The Morgan fingerprint density at radius 2 is 1.79 bits per heavy atom. The number of fused-ring (bicyclic) bond motifs is 5. The number of aliphatic hydroxyl groups is 1. The summed E-state index contributed by atoms with van der Waals surface area (Å²) >= 11 is 0. The molecule has 5 heteroatoms. The zero-order valence-corrected chi connectivity index (χ0v) is 21.8. The molecule has 4 aliphatic carbocycles. The predicted octanol–water partition coefficient (Wildman–Crippen LogP) is 5.26. The van der Waals surface area contributed by atoms with Crippen molar-refractivity contribution in [2.75, 3.05) is 14.2 Å². The largest absolute Gasteiger partial charge is 0.393 e. The van der Waals surface area contributed by atoms with Gasteiger partial charge in [-0.1, -0.05) is 27.7 Å². The third-order valence-corrected chi connectivity index (χ3v) is 11.3. The van der Waals surface area contributed by atoms with Crippen LogP contribution in [0.5, 0.6) is 0 Å². The fraction of sp³-hybridized carbons (Fsp3) is 0.929. The van der Waals surface area contributed by atoms with Crippen LogP contribution in [0.2, 0.25) is 0 Å². The molecule has 0 aromatic carbocycles. The molecule has 0 aromatic heterocycles. The van der Waals surface area contributed by atoms with E-state index in [0.717, 1.165) is 44.9 Å². The third kappa shape index (κ3) is 3.99. The molecule has 0 bridgehead atoms. The van der Waals surface area contributed by atoms with E-state index in [1.165, 1.54) is 25.0 Å². The third-order valence-electron chi connectivity index (χ3n) is 11.3. The predicted molar refractivity (Wildman–Crippen MR) is 129 cm³/mol. The number of hydrogen-bond acceptors (Lipinski definition) is 4. The first-order valence-corrected chi connectivity index (χ1v) is 13.6. The molecular formula is C28H47NO4. The molecule has 1 amide bonds. The second-order valence-electron chi connectivity index (χ2n) is 12.5. The number of aliphatic hydroxyl groups excluding tert-OH is 1. The Labute approximate surface area is 201 Å². The summed E-state index contributed by atoms with van der Waals surface area (Å²) < 4.78 is 0. The van der Waals surface area contributed by atoms with Gasteiger partial charge >= 0.3 is 0 Å². The van der Waals surface area contributed by atoms with Crippen molar-refractivity contribution >= 4 is 11.7 Å². The SMILES string of the molecule is CC[C@H]1C(=O)[C@@H]2[C@H](CC[C@]3(C)[C@@H]([C@H](C)CCC(=O)N(C)OC)CC[C@@H]23)[C@@]2(C)CC[C@@H](O)C[C@@H]12. The first kappa shape index (κ1) is 25.2. The summed E-state index contributed by atoms with van der Waals surface area (Å²) in [6.07, 6.45) is 9.56. The smallest absolute Gasteiger partial charge is 0.245 e. The molecule has 5 nitrogen and oxygen atoms in total. The fourth-order valence-electron chi connectivity index (χ4n) is 9.42. The van der Waals surface area contributed by atoms with Gasteiger partial charge in [-0.2, -0.15) is 0 Å². The molecule has 0 unspecified atom stereocenters. The van der Waals surface area contributed by atoms with Crippen LogP contribution < -0.4 is 0 Å². The molecule has 0 aromatic rings.